The Labute approximate surface area is 91.1 Å². The zero-order chi connectivity index (χ0) is 12.0. The quantitative estimate of drug-likeness (QED) is 0.719. The summed E-state index contributed by atoms with van der Waals surface area (Å²) in [5.74, 6) is 0. The van der Waals surface area contributed by atoms with E-state index in [4.69, 9.17) is 0 Å². The molecule has 0 fully saturated rings. The molecule has 0 aromatic heterocycles. The molecular weight excluding hydrogens is 219 g/mol. The second kappa shape index (κ2) is 3.38. The Bertz CT molecular complexity index is 398. The first-order chi connectivity index (χ1) is 7.32. The number of nitrogens with one attached hydrogen (secondary N) is 1. The first kappa shape index (κ1) is 11.3. The zero-order valence-electron chi connectivity index (χ0n) is 8.73. The van der Waals surface area contributed by atoms with Crippen LogP contribution in [0.2, 0.25) is 0 Å². The van der Waals surface area contributed by atoms with Gasteiger partial charge >= 0.3 is 6.18 Å². The number of halogens is 3. The van der Waals surface area contributed by atoms with E-state index >= 15 is 0 Å². The number of anilines is 1. The van der Waals surface area contributed by atoms with E-state index in [2.05, 4.69) is 5.32 Å². The number of hydrogen-bond donors (Lipinski definition) is 2. The molecule has 0 spiro atoms. The molecule has 1 atom stereocenters. The van der Waals surface area contributed by atoms with Crippen LogP contribution < -0.4 is 5.32 Å². The number of rotatable bonds is 0. The van der Waals surface area contributed by atoms with Crippen molar-refractivity contribution in [1.29, 1.82) is 0 Å². The van der Waals surface area contributed by atoms with E-state index < -0.39 is 17.3 Å². The topological polar surface area (TPSA) is 32.3 Å². The molecule has 1 aromatic rings. The van der Waals surface area contributed by atoms with Gasteiger partial charge in [0, 0.05) is 12.1 Å². The summed E-state index contributed by atoms with van der Waals surface area (Å²) >= 11 is 0. The molecule has 0 amide bonds. The number of para-hydroxylation sites is 1. The molecule has 0 bridgehead atoms. The van der Waals surface area contributed by atoms with Crippen molar-refractivity contribution in [3.05, 3.63) is 29.3 Å². The van der Waals surface area contributed by atoms with Gasteiger partial charge in [-0.25, -0.2) is 0 Å². The number of aliphatic hydroxyl groups is 1. The van der Waals surface area contributed by atoms with Gasteiger partial charge in [-0.2, -0.15) is 13.2 Å². The Kier molecular flexibility index (Phi) is 2.38. The van der Waals surface area contributed by atoms with Gasteiger partial charge in [-0.3, -0.25) is 0 Å². The average molecular weight is 231 g/mol. The van der Waals surface area contributed by atoms with Crippen molar-refractivity contribution in [3.63, 3.8) is 0 Å². The highest BCUT2D eigenvalue weighted by Crippen LogP contribution is 2.42. The van der Waals surface area contributed by atoms with Crippen LogP contribution in [0.5, 0.6) is 0 Å². The predicted octanol–water partition coefficient (Wildman–Crippen LogP) is 2.73. The van der Waals surface area contributed by atoms with E-state index in [9.17, 15) is 18.3 Å². The lowest BCUT2D eigenvalue weighted by Gasteiger charge is -2.33. The summed E-state index contributed by atoms with van der Waals surface area (Å²) in [5, 5.41) is 12.7. The van der Waals surface area contributed by atoms with Gasteiger partial charge in [0.15, 0.2) is 0 Å². The van der Waals surface area contributed by atoms with Gasteiger partial charge in [-0.05, 0) is 19.4 Å². The van der Waals surface area contributed by atoms with E-state index in [0.29, 0.717) is 18.5 Å². The molecule has 1 aliphatic heterocycles. The van der Waals surface area contributed by atoms with Gasteiger partial charge in [0.05, 0.1) is 16.9 Å². The Balaban J connectivity index is 2.61. The third-order valence-electron chi connectivity index (χ3n) is 2.86. The molecule has 1 aliphatic rings. The highest BCUT2D eigenvalue weighted by molar-refractivity contribution is 5.62. The van der Waals surface area contributed by atoms with Crippen molar-refractivity contribution in [3.8, 4) is 0 Å². The molecule has 0 saturated carbocycles. The zero-order valence-corrected chi connectivity index (χ0v) is 8.73. The van der Waals surface area contributed by atoms with Crippen LogP contribution in [0.4, 0.5) is 18.9 Å². The Morgan fingerprint density at radius 1 is 1.38 bits per heavy atom. The van der Waals surface area contributed by atoms with E-state index in [1.807, 2.05) is 0 Å². The maximum Gasteiger partial charge on any atom is 0.418 e. The SMILES string of the molecule is CC1(O)CCNc2c(C(F)(F)F)cccc21. The van der Waals surface area contributed by atoms with Crippen molar-refractivity contribution >= 4 is 5.69 Å². The molecule has 0 aliphatic carbocycles. The van der Waals surface area contributed by atoms with Gasteiger partial charge in [0.1, 0.15) is 0 Å². The van der Waals surface area contributed by atoms with Crippen molar-refractivity contribution in [1.82, 2.24) is 0 Å². The highest BCUT2D eigenvalue weighted by atomic mass is 19.4. The molecule has 1 aromatic carbocycles. The Hall–Kier alpha value is -1.23. The van der Waals surface area contributed by atoms with Gasteiger partial charge in [-0.1, -0.05) is 12.1 Å². The third kappa shape index (κ3) is 1.75. The molecule has 5 heteroatoms. The smallest absolute Gasteiger partial charge is 0.385 e. The summed E-state index contributed by atoms with van der Waals surface area (Å²) in [6.45, 7) is 1.87. The fourth-order valence-electron chi connectivity index (χ4n) is 1.99. The van der Waals surface area contributed by atoms with Crippen LogP contribution in [-0.4, -0.2) is 11.7 Å². The van der Waals surface area contributed by atoms with Crippen LogP contribution in [0.3, 0.4) is 0 Å². The van der Waals surface area contributed by atoms with E-state index in [0.717, 1.165) is 6.07 Å². The molecule has 16 heavy (non-hydrogen) atoms. The predicted molar refractivity (Wildman–Crippen MR) is 54.1 cm³/mol. The van der Waals surface area contributed by atoms with Crippen LogP contribution in [-0.2, 0) is 11.8 Å². The van der Waals surface area contributed by atoms with Crippen LogP contribution >= 0.6 is 0 Å². The van der Waals surface area contributed by atoms with Gasteiger partial charge in [-0.15, -0.1) is 0 Å². The molecule has 0 radical (unpaired) electrons. The Morgan fingerprint density at radius 3 is 2.69 bits per heavy atom. The molecule has 2 nitrogen and oxygen atoms in total. The van der Waals surface area contributed by atoms with Crippen molar-refractivity contribution < 1.29 is 18.3 Å². The molecule has 88 valence electrons. The second-order valence-electron chi connectivity index (χ2n) is 4.18. The van der Waals surface area contributed by atoms with E-state index in [1.165, 1.54) is 19.1 Å². The molecule has 1 unspecified atom stereocenters. The summed E-state index contributed by atoms with van der Waals surface area (Å²) in [4.78, 5) is 0. The van der Waals surface area contributed by atoms with Crippen molar-refractivity contribution in [2.75, 3.05) is 11.9 Å². The fraction of sp³-hybridized carbons (Fsp3) is 0.455. The summed E-state index contributed by atoms with van der Waals surface area (Å²) in [6.07, 6.45) is -3.99. The molecule has 0 saturated heterocycles. The van der Waals surface area contributed by atoms with Gasteiger partial charge < -0.3 is 10.4 Å². The number of fused-ring (bicyclic) bond motifs is 1. The molecular formula is C11H12F3NO. The average Bonchev–Trinajstić information content (AvgIpc) is 2.15. The lowest BCUT2D eigenvalue weighted by Crippen LogP contribution is -2.32. The van der Waals surface area contributed by atoms with Crippen LogP contribution in [0.15, 0.2) is 18.2 Å². The number of benzene rings is 1. The van der Waals surface area contributed by atoms with Crippen molar-refractivity contribution in [2.24, 2.45) is 0 Å². The fourth-order valence-corrected chi connectivity index (χ4v) is 1.99. The lowest BCUT2D eigenvalue weighted by molar-refractivity contribution is -0.137. The first-order valence-electron chi connectivity index (χ1n) is 4.99. The second-order valence-corrected chi connectivity index (χ2v) is 4.18. The Morgan fingerprint density at radius 2 is 2.06 bits per heavy atom. The largest absolute Gasteiger partial charge is 0.418 e. The van der Waals surface area contributed by atoms with E-state index in [-0.39, 0.29) is 5.69 Å². The maximum atomic E-state index is 12.7. The summed E-state index contributed by atoms with van der Waals surface area (Å²) in [5.41, 5.74) is -1.59. The minimum absolute atomic E-state index is 0.00579. The van der Waals surface area contributed by atoms with Crippen LogP contribution in [0.1, 0.15) is 24.5 Å². The number of alkyl halides is 3. The third-order valence-corrected chi connectivity index (χ3v) is 2.86. The molecule has 2 rings (SSSR count). The standard InChI is InChI=1S/C11H12F3NO/c1-10(16)5-6-15-9-7(10)3-2-4-8(9)11(12,13)14/h2-4,15-16H,5-6H2,1H3. The summed E-state index contributed by atoms with van der Waals surface area (Å²) in [6, 6.07) is 3.87. The first-order valence-corrected chi connectivity index (χ1v) is 4.99. The summed E-state index contributed by atoms with van der Waals surface area (Å²) in [7, 11) is 0. The normalized spacial score (nSPS) is 24.8. The maximum absolute atomic E-state index is 12.7. The minimum Gasteiger partial charge on any atom is -0.385 e. The van der Waals surface area contributed by atoms with Gasteiger partial charge in [0.25, 0.3) is 0 Å². The molecule has 2 N–H and O–H groups in total. The van der Waals surface area contributed by atoms with Crippen molar-refractivity contribution in [2.45, 2.75) is 25.1 Å². The molecule has 1 heterocycles. The van der Waals surface area contributed by atoms with Crippen LogP contribution in [0.25, 0.3) is 0 Å². The van der Waals surface area contributed by atoms with E-state index in [1.54, 1.807) is 0 Å². The number of hydrogen-bond acceptors (Lipinski definition) is 2. The van der Waals surface area contributed by atoms with Crippen LogP contribution in [0, 0.1) is 0 Å². The lowest BCUT2D eigenvalue weighted by atomic mass is 9.86. The summed E-state index contributed by atoms with van der Waals surface area (Å²) < 4.78 is 38.1. The van der Waals surface area contributed by atoms with Gasteiger partial charge in [0.2, 0.25) is 0 Å². The monoisotopic (exact) mass is 231 g/mol. The minimum atomic E-state index is -4.40. The highest BCUT2D eigenvalue weighted by Gasteiger charge is 2.38.